The molecule has 8 heteroatoms. The minimum atomic E-state index is -0.417. The third-order valence-corrected chi connectivity index (χ3v) is 4.22. The van der Waals surface area contributed by atoms with Gasteiger partial charge in [-0.05, 0) is 26.0 Å². The molecule has 0 saturated carbocycles. The number of aryl methyl sites for hydroxylation is 1. The van der Waals surface area contributed by atoms with Crippen LogP contribution in [0.1, 0.15) is 27.9 Å². The molecule has 1 N–H and O–H groups in total. The number of carbonyl (C=O) groups excluding carboxylic acids is 1. The second kappa shape index (κ2) is 6.90. The summed E-state index contributed by atoms with van der Waals surface area (Å²) >= 11 is 1.28. The maximum atomic E-state index is 12.4. The van der Waals surface area contributed by atoms with E-state index in [0.717, 1.165) is 5.56 Å². The van der Waals surface area contributed by atoms with Crippen LogP contribution in [0.5, 0.6) is 0 Å². The molecule has 0 radical (unpaired) electrons. The van der Waals surface area contributed by atoms with Crippen LogP contribution in [0.4, 0.5) is 5.69 Å². The molecule has 3 aromatic rings. The van der Waals surface area contributed by atoms with Gasteiger partial charge in [0, 0.05) is 12.2 Å². The maximum Gasteiger partial charge on any atom is 0.298 e. The number of fused-ring (bicyclic) bond motifs is 1. The predicted octanol–water partition coefficient (Wildman–Crippen LogP) is 2.25. The van der Waals surface area contributed by atoms with Gasteiger partial charge in [-0.3, -0.25) is 9.59 Å². The molecular formula is C16H16N4O3S. The van der Waals surface area contributed by atoms with Crippen LogP contribution in [0.2, 0.25) is 0 Å². The van der Waals surface area contributed by atoms with Crippen molar-refractivity contribution in [2.45, 2.75) is 20.5 Å². The predicted molar refractivity (Wildman–Crippen MR) is 91.6 cm³/mol. The van der Waals surface area contributed by atoms with E-state index in [2.05, 4.69) is 15.4 Å². The van der Waals surface area contributed by atoms with Crippen LogP contribution in [0.15, 0.2) is 35.3 Å². The lowest BCUT2D eigenvalue weighted by atomic mass is 10.1. The van der Waals surface area contributed by atoms with Crippen LogP contribution in [0.25, 0.3) is 4.96 Å². The Morgan fingerprint density at radius 3 is 2.79 bits per heavy atom. The molecular weight excluding hydrogens is 328 g/mol. The van der Waals surface area contributed by atoms with Crippen molar-refractivity contribution in [3.05, 3.63) is 57.0 Å². The van der Waals surface area contributed by atoms with Crippen LogP contribution < -0.4 is 10.9 Å². The monoisotopic (exact) mass is 344 g/mol. The van der Waals surface area contributed by atoms with Crippen molar-refractivity contribution in [1.29, 1.82) is 0 Å². The quantitative estimate of drug-likeness (QED) is 0.767. The molecule has 0 unspecified atom stereocenters. The third-order valence-electron chi connectivity index (χ3n) is 3.32. The van der Waals surface area contributed by atoms with E-state index in [4.69, 9.17) is 4.74 Å². The lowest BCUT2D eigenvalue weighted by molar-refractivity contribution is 0.102. The van der Waals surface area contributed by atoms with Crippen LogP contribution in [-0.4, -0.2) is 27.1 Å². The molecule has 0 spiro atoms. The summed E-state index contributed by atoms with van der Waals surface area (Å²) in [5, 5.41) is 7.43. The smallest absolute Gasteiger partial charge is 0.298 e. The number of nitrogens with zero attached hydrogens (tertiary/aromatic N) is 3. The summed E-state index contributed by atoms with van der Waals surface area (Å²) in [5.41, 5.74) is 1.20. The van der Waals surface area contributed by atoms with E-state index in [1.807, 2.05) is 26.0 Å². The van der Waals surface area contributed by atoms with E-state index in [1.54, 1.807) is 12.1 Å². The van der Waals surface area contributed by atoms with E-state index in [0.29, 0.717) is 28.7 Å². The van der Waals surface area contributed by atoms with Gasteiger partial charge in [-0.1, -0.05) is 29.0 Å². The number of hydrogen-bond acceptors (Lipinski definition) is 6. The summed E-state index contributed by atoms with van der Waals surface area (Å²) in [4.78, 5) is 29.3. The largest absolute Gasteiger partial charge is 0.374 e. The highest BCUT2D eigenvalue weighted by atomic mass is 32.1. The molecule has 7 nitrogen and oxygen atoms in total. The number of aromatic nitrogens is 3. The van der Waals surface area contributed by atoms with Crippen molar-refractivity contribution in [2.75, 3.05) is 11.9 Å². The van der Waals surface area contributed by atoms with Gasteiger partial charge in [0.05, 0.1) is 6.20 Å². The summed E-state index contributed by atoms with van der Waals surface area (Å²) in [7, 11) is 0. The summed E-state index contributed by atoms with van der Waals surface area (Å²) in [6.07, 6.45) is 1.35. The molecule has 0 bridgehead atoms. The number of nitrogens with one attached hydrogen (secondary N) is 1. The highest BCUT2D eigenvalue weighted by molar-refractivity contribution is 7.16. The Labute approximate surface area is 141 Å². The minimum Gasteiger partial charge on any atom is -0.374 e. The zero-order valence-electron chi connectivity index (χ0n) is 13.3. The first-order valence-electron chi connectivity index (χ1n) is 7.42. The van der Waals surface area contributed by atoms with Crippen molar-refractivity contribution in [3.63, 3.8) is 0 Å². The average molecular weight is 344 g/mol. The van der Waals surface area contributed by atoms with Crippen molar-refractivity contribution < 1.29 is 9.53 Å². The number of ether oxygens (including phenoxy) is 1. The van der Waals surface area contributed by atoms with Crippen LogP contribution in [0, 0.1) is 6.92 Å². The van der Waals surface area contributed by atoms with Crippen LogP contribution >= 0.6 is 11.3 Å². The van der Waals surface area contributed by atoms with Crippen molar-refractivity contribution >= 4 is 27.9 Å². The molecule has 2 aromatic heterocycles. The van der Waals surface area contributed by atoms with Gasteiger partial charge in [0.25, 0.3) is 11.5 Å². The van der Waals surface area contributed by atoms with Crippen molar-refractivity contribution in [1.82, 2.24) is 14.6 Å². The lowest BCUT2D eigenvalue weighted by Gasteiger charge is -2.04. The molecule has 24 heavy (non-hydrogen) atoms. The molecule has 1 aromatic carbocycles. The minimum absolute atomic E-state index is 0.0892. The molecule has 0 atom stereocenters. The van der Waals surface area contributed by atoms with E-state index in [9.17, 15) is 9.59 Å². The first kappa shape index (κ1) is 16.3. The molecule has 0 aliphatic rings. The fraction of sp³-hybridized carbons (Fsp3) is 0.250. The van der Waals surface area contributed by atoms with Crippen LogP contribution in [-0.2, 0) is 11.3 Å². The second-order valence-corrected chi connectivity index (χ2v) is 6.17. The standard InChI is InChI=1S/C16H16N4O3S/c1-3-23-9-13-19-20-15(22)12(8-17-16(20)24-13)18-14(21)11-6-4-10(2)5-7-11/h4-8H,3,9H2,1-2H3,(H,18,21). The van der Waals surface area contributed by atoms with Gasteiger partial charge in [-0.15, -0.1) is 0 Å². The second-order valence-electron chi connectivity index (χ2n) is 5.12. The molecule has 0 aliphatic carbocycles. The Hall–Kier alpha value is -2.58. The average Bonchev–Trinajstić information content (AvgIpc) is 3.00. The number of rotatable bonds is 5. The topological polar surface area (TPSA) is 85.6 Å². The van der Waals surface area contributed by atoms with Crippen LogP contribution in [0.3, 0.4) is 0 Å². The van der Waals surface area contributed by atoms with Gasteiger partial charge < -0.3 is 10.1 Å². The molecule has 124 valence electrons. The first-order chi connectivity index (χ1) is 11.6. The number of hydrogen-bond donors (Lipinski definition) is 1. The van der Waals surface area contributed by atoms with Gasteiger partial charge in [0.15, 0.2) is 0 Å². The summed E-state index contributed by atoms with van der Waals surface area (Å²) < 4.78 is 6.47. The molecule has 0 aliphatic heterocycles. The third kappa shape index (κ3) is 3.34. The van der Waals surface area contributed by atoms with Gasteiger partial charge in [-0.25, -0.2) is 4.98 Å². The van der Waals surface area contributed by atoms with Gasteiger partial charge >= 0.3 is 0 Å². The van der Waals surface area contributed by atoms with E-state index >= 15 is 0 Å². The number of anilines is 1. The van der Waals surface area contributed by atoms with Gasteiger partial charge in [0.1, 0.15) is 17.3 Å². The zero-order valence-corrected chi connectivity index (χ0v) is 14.1. The van der Waals surface area contributed by atoms with Gasteiger partial charge in [-0.2, -0.15) is 9.61 Å². The lowest BCUT2D eigenvalue weighted by Crippen LogP contribution is -2.23. The Balaban J connectivity index is 1.87. The van der Waals surface area contributed by atoms with E-state index < -0.39 is 5.56 Å². The fourth-order valence-electron chi connectivity index (χ4n) is 2.06. The summed E-state index contributed by atoms with van der Waals surface area (Å²) in [6.45, 7) is 4.72. The van der Waals surface area contributed by atoms with E-state index in [-0.39, 0.29) is 11.6 Å². The summed E-state index contributed by atoms with van der Waals surface area (Å²) in [6, 6.07) is 7.09. The summed E-state index contributed by atoms with van der Waals surface area (Å²) in [5.74, 6) is -0.362. The zero-order chi connectivity index (χ0) is 17.1. The number of amides is 1. The van der Waals surface area contributed by atoms with E-state index in [1.165, 1.54) is 22.0 Å². The molecule has 1 amide bonds. The van der Waals surface area contributed by atoms with Crippen molar-refractivity contribution in [3.8, 4) is 0 Å². The molecule has 0 saturated heterocycles. The SMILES string of the molecule is CCOCc1nn2c(=O)c(NC(=O)c3ccc(C)cc3)cnc2s1. The fourth-order valence-corrected chi connectivity index (χ4v) is 2.85. The normalized spacial score (nSPS) is 10.9. The number of benzene rings is 1. The number of carbonyl (C=O) groups is 1. The molecule has 0 fully saturated rings. The Morgan fingerprint density at radius 1 is 1.33 bits per heavy atom. The van der Waals surface area contributed by atoms with Gasteiger partial charge in [0.2, 0.25) is 4.96 Å². The maximum absolute atomic E-state index is 12.4. The molecule has 2 heterocycles. The Morgan fingerprint density at radius 2 is 2.08 bits per heavy atom. The van der Waals surface area contributed by atoms with Crippen molar-refractivity contribution in [2.24, 2.45) is 0 Å². The Bertz CT molecular complexity index is 931. The Kier molecular flexibility index (Phi) is 4.68. The highest BCUT2D eigenvalue weighted by Crippen LogP contribution is 2.13. The first-order valence-corrected chi connectivity index (χ1v) is 8.23. The molecule has 3 rings (SSSR count). The highest BCUT2D eigenvalue weighted by Gasteiger charge is 2.13.